The molecule has 0 aromatic heterocycles. The third kappa shape index (κ3) is 4.39. The molecule has 1 unspecified atom stereocenters. The lowest BCUT2D eigenvalue weighted by Gasteiger charge is -2.21. The first-order valence-corrected chi connectivity index (χ1v) is 6.55. The smallest absolute Gasteiger partial charge is 0.0361 e. The molecule has 96 valence electrons. The third-order valence-electron chi connectivity index (χ3n) is 2.97. The molecule has 0 heterocycles. The van der Waals surface area contributed by atoms with Crippen LogP contribution < -0.4 is 10.2 Å². The zero-order valence-electron chi connectivity index (χ0n) is 11.8. The van der Waals surface area contributed by atoms with E-state index in [9.17, 15) is 0 Å². The first-order valence-electron chi connectivity index (χ1n) is 6.55. The summed E-state index contributed by atoms with van der Waals surface area (Å²) < 4.78 is 0. The van der Waals surface area contributed by atoms with Crippen LogP contribution in [0.4, 0.5) is 5.69 Å². The van der Waals surface area contributed by atoms with Crippen LogP contribution in [0.15, 0.2) is 24.3 Å². The van der Waals surface area contributed by atoms with E-state index in [0.29, 0.717) is 12.0 Å². The summed E-state index contributed by atoms with van der Waals surface area (Å²) in [6, 6.07) is 9.35. The Balaban J connectivity index is 2.79. The van der Waals surface area contributed by atoms with Crippen molar-refractivity contribution in [2.75, 3.05) is 25.5 Å². The average molecular weight is 234 g/mol. The minimum Gasteiger partial charge on any atom is -0.378 e. The Morgan fingerprint density at radius 3 is 2.12 bits per heavy atom. The molecule has 17 heavy (non-hydrogen) atoms. The predicted octanol–water partition coefficient (Wildman–Crippen LogP) is 3.45. The number of rotatable bonds is 6. The second-order valence-corrected chi connectivity index (χ2v) is 5.23. The third-order valence-corrected chi connectivity index (χ3v) is 2.97. The van der Waals surface area contributed by atoms with Crippen LogP contribution in [-0.4, -0.2) is 20.6 Å². The van der Waals surface area contributed by atoms with Gasteiger partial charge in [-0.25, -0.2) is 0 Å². The highest BCUT2D eigenvalue weighted by atomic mass is 15.1. The van der Waals surface area contributed by atoms with Crippen LogP contribution in [0, 0.1) is 5.92 Å². The standard InChI is InChI=1S/C15H26N2/c1-6-16-15(11-12(2)3)13-7-9-14(10-8-13)17(4)5/h7-10,12,15-16H,6,11H2,1-5H3. The van der Waals surface area contributed by atoms with Crippen LogP contribution in [0.3, 0.4) is 0 Å². The molecule has 2 nitrogen and oxygen atoms in total. The SMILES string of the molecule is CCNC(CC(C)C)c1ccc(N(C)C)cc1. The van der Waals surface area contributed by atoms with E-state index >= 15 is 0 Å². The number of nitrogens with one attached hydrogen (secondary N) is 1. The van der Waals surface area contributed by atoms with Crippen LogP contribution in [0.5, 0.6) is 0 Å². The van der Waals surface area contributed by atoms with E-state index in [0.717, 1.165) is 6.54 Å². The van der Waals surface area contributed by atoms with E-state index < -0.39 is 0 Å². The summed E-state index contributed by atoms with van der Waals surface area (Å²) in [4.78, 5) is 2.13. The maximum absolute atomic E-state index is 3.57. The molecule has 1 atom stereocenters. The lowest BCUT2D eigenvalue weighted by molar-refractivity contribution is 0.438. The van der Waals surface area contributed by atoms with Gasteiger partial charge in [-0.05, 0) is 36.6 Å². The van der Waals surface area contributed by atoms with Crippen LogP contribution in [0.2, 0.25) is 0 Å². The molecule has 0 radical (unpaired) electrons. The van der Waals surface area contributed by atoms with Gasteiger partial charge < -0.3 is 10.2 Å². The van der Waals surface area contributed by atoms with Gasteiger partial charge in [0.1, 0.15) is 0 Å². The highest BCUT2D eigenvalue weighted by Gasteiger charge is 2.11. The second kappa shape index (κ2) is 6.65. The zero-order chi connectivity index (χ0) is 12.8. The van der Waals surface area contributed by atoms with Gasteiger partial charge in [-0.3, -0.25) is 0 Å². The van der Waals surface area contributed by atoms with Gasteiger partial charge in [0.05, 0.1) is 0 Å². The van der Waals surface area contributed by atoms with E-state index in [1.807, 2.05) is 0 Å². The van der Waals surface area contributed by atoms with Crippen LogP contribution in [0.1, 0.15) is 38.8 Å². The molecule has 1 N–H and O–H groups in total. The van der Waals surface area contributed by atoms with Crippen molar-refractivity contribution in [3.8, 4) is 0 Å². The number of nitrogens with zero attached hydrogens (tertiary/aromatic N) is 1. The van der Waals surface area contributed by atoms with Crippen LogP contribution in [0.25, 0.3) is 0 Å². The summed E-state index contributed by atoms with van der Waals surface area (Å²) in [6.07, 6.45) is 1.19. The number of anilines is 1. The van der Waals surface area contributed by atoms with Gasteiger partial charge in [0.2, 0.25) is 0 Å². The monoisotopic (exact) mass is 234 g/mol. The predicted molar refractivity (Wildman–Crippen MR) is 76.6 cm³/mol. The first kappa shape index (κ1) is 14.0. The van der Waals surface area contributed by atoms with Gasteiger partial charge >= 0.3 is 0 Å². The van der Waals surface area contributed by atoms with Crippen molar-refractivity contribution in [1.29, 1.82) is 0 Å². The van der Waals surface area contributed by atoms with Crippen molar-refractivity contribution in [3.63, 3.8) is 0 Å². The minimum absolute atomic E-state index is 0.483. The van der Waals surface area contributed by atoms with Crippen LogP contribution in [-0.2, 0) is 0 Å². The second-order valence-electron chi connectivity index (χ2n) is 5.23. The summed E-state index contributed by atoms with van der Waals surface area (Å²) in [6.45, 7) is 7.74. The summed E-state index contributed by atoms with van der Waals surface area (Å²) >= 11 is 0. The molecule has 0 amide bonds. The van der Waals surface area contributed by atoms with Gasteiger partial charge in [0.25, 0.3) is 0 Å². The first-order chi connectivity index (χ1) is 8.04. The Bertz CT molecular complexity index is 314. The maximum atomic E-state index is 3.57. The van der Waals surface area contributed by atoms with E-state index in [1.54, 1.807) is 0 Å². The summed E-state index contributed by atoms with van der Waals surface area (Å²) in [5, 5.41) is 3.57. The molecular weight excluding hydrogens is 208 g/mol. The van der Waals surface area contributed by atoms with E-state index in [4.69, 9.17) is 0 Å². The van der Waals surface area contributed by atoms with Gasteiger partial charge in [0, 0.05) is 25.8 Å². The Hall–Kier alpha value is -1.02. The van der Waals surface area contributed by atoms with Crippen molar-refractivity contribution < 1.29 is 0 Å². The molecule has 0 bridgehead atoms. The van der Waals surface area contributed by atoms with E-state index in [-0.39, 0.29) is 0 Å². The van der Waals surface area contributed by atoms with Crippen molar-refractivity contribution in [3.05, 3.63) is 29.8 Å². The van der Waals surface area contributed by atoms with Crippen molar-refractivity contribution in [2.24, 2.45) is 5.92 Å². The summed E-state index contributed by atoms with van der Waals surface area (Å²) in [5.74, 6) is 0.715. The fourth-order valence-corrected chi connectivity index (χ4v) is 2.06. The highest BCUT2D eigenvalue weighted by molar-refractivity contribution is 5.46. The molecular formula is C15H26N2. The summed E-state index contributed by atoms with van der Waals surface area (Å²) in [7, 11) is 4.15. The fourth-order valence-electron chi connectivity index (χ4n) is 2.06. The van der Waals surface area contributed by atoms with Gasteiger partial charge in [-0.2, -0.15) is 0 Å². The molecule has 2 heteroatoms. The topological polar surface area (TPSA) is 15.3 Å². The summed E-state index contributed by atoms with van der Waals surface area (Å²) in [5.41, 5.74) is 2.65. The molecule has 0 saturated carbocycles. The molecule has 0 spiro atoms. The Kier molecular flexibility index (Phi) is 5.49. The van der Waals surface area contributed by atoms with Crippen molar-refractivity contribution in [2.45, 2.75) is 33.2 Å². The molecule has 1 rings (SSSR count). The van der Waals surface area contributed by atoms with Gasteiger partial charge in [-0.15, -0.1) is 0 Å². The van der Waals surface area contributed by atoms with E-state index in [1.165, 1.54) is 17.7 Å². The van der Waals surface area contributed by atoms with Crippen molar-refractivity contribution >= 4 is 5.69 Å². The Morgan fingerprint density at radius 1 is 1.12 bits per heavy atom. The number of hydrogen-bond acceptors (Lipinski definition) is 2. The van der Waals surface area contributed by atoms with E-state index in [2.05, 4.69) is 69.3 Å². The van der Waals surface area contributed by atoms with Gasteiger partial charge in [-0.1, -0.05) is 32.9 Å². The lowest BCUT2D eigenvalue weighted by atomic mass is 9.97. The largest absolute Gasteiger partial charge is 0.378 e. The van der Waals surface area contributed by atoms with Crippen LogP contribution >= 0.6 is 0 Å². The van der Waals surface area contributed by atoms with Gasteiger partial charge in [0.15, 0.2) is 0 Å². The molecule has 0 aliphatic heterocycles. The fraction of sp³-hybridized carbons (Fsp3) is 0.600. The number of benzene rings is 1. The quantitative estimate of drug-likeness (QED) is 0.811. The maximum Gasteiger partial charge on any atom is 0.0361 e. The molecule has 0 fully saturated rings. The normalized spacial score (nSPS) is 12.8. The Labute approximate surface area is 106 Å². The molecule has 0 saturated heterocycles. The average Bonchev–Trinajstić information content (AvgIpc) is 2.28. The zero-order valence-corrected chi connectivity index (χ0v) is 11.8. The Morgan fingerprint density at radius 2 is 1.71 bits per heavy atom. The lowest BCUT2D eigenvalue weighted by Crippen LogP contribution is -2.22. The molecule has 1 aromatic rings. The number of hydrogen-bond donors (Lipinski definition) is 1. The van der Waals surface area contributed by atoms with Crippen molar-refractivity contribution in [1.82, 2.24) is 5.32 Å². The minimum atomic E-state index is 0.483. The molecule has 0 aliphatic rings. The molecule has 0 aliphatic carbocycles. The highest BCUT2D eigenvalue weighted by Crippen LogP contribution is 2.23. The molecule has 1 aromatic carbocycles.